The van der Waals surface area contributed by atoms with Crippen LogP contribution in [0.4, 0.5) is 9.59 Å². The van der Waals surface area contributed by atoms with Gasteiger partial charge in [-0.05, 0) is 44.1 Å². The summed E-state index contributed by atoms with van der Waals surface area (Å²) in [6.45, 7) is 2.16. The summed E-state index contributed by atoms with van der Waals surface area (Å²) in [5.74, 6) is 10.5. The van der Waals surface area contributed by atoms with Crippen LogP contribution in [0.3, 0.4) is 0 Å². The highest BCUT2D eigenvalue weighted by atomic mass is 32.2. The highest BCUT2D eigenvalue weighted by Crippen LogP contribution is 2.45. The molecule has 2 aliphatic heterocycles. The molecule has 4 rings (SSSR count). The standard InChI is InChI=1S/C24H28N4O8S/c1-23(20(30)25-33,37(2,34)35)9-10-26-13-18-11-17(12-28(18)21(26)31)5-3-4-6-24(7-8-24)16-36-22(32)27-14-19(29)15-27/h11-12,19,29,33H,7-10,13-16H2,1-2H3,(H,25,30). The number of sulfone groups is 1. The molecule has 1 unspecified atom stereocenters. The molecule has 3 amide bonds. The van der Waals surface area contributed by atoms with Crippen LogP contribution >= 0.6 is 0 Å². The summed E-state index contributed by atoms with van der Waals surface area (Å²) in [6, 6.07) is 1.36. The molecule has 12 nitrogen and oxygen atoms in total. The zero-order chi connectivity index (χ0) is 27.0. The maximum atomic E-state index is 12.8. The molecule has 0 aromatic carbocycles. The second kappa shape index (κ2) is 9.74. The van der Waals surface area contributed by atoms with Crippen molar-refractivity contribution in [3.05, 3.63) is 23.5 Å². The average Bonchev–Trinajstić information content (AvgIpc) is 3.39. The lowest BCUT2D eigenvalue weighted by Gasteiger charge is -2.34. The van der Waals surface area contributed by atoms with Crippen LogP contribution in [0.1, 0.15) is 37.4 Å². The molecule has 3 aliphatic rings. The Morgan fingerprint density at radius 3 is 2.57 bits per heavy atom. The number of nitrogens with zero attached hydrogens (tertiary/aromatic N) is 3. The molecule has 1 aromatic heterocycles. The molecule has 2 fully saturated rings. The van der Waals surface area contributed by atoms with Crippen molar-refractivity contribution in [2.24, 2.45) is 5.41 Å². The van der Waals surface area contributed by atoms with E-state index in [1.54, 1.807) is 12.3 Å². The number of hydrogen-bond acceptors (Lipinski definition) is 8. The number of amides is 3. The van der Waals surface area contributed by atoms with Crippen LogP contribution in [0.25, 0.3) is 0 Å². The van der Waals surface area contributed by atoms with E-state index < -0.39 is 32.7 Å². The summed E-state index contributed by atoms with van der Waals surface area (Å²) in [7, 11) is -3.86. The predicted octanol–water partition coefficient (Wildman–Crippen LogP) is -0.0812. The van der Waals surface area contributed by atoms with Crippen molar-refractivity contribution in [2.75, 3.05) is 32.5 Å². The van der Waals surface area contributed by atoms with Crippen LogP contribution in [-0.2, 0) is 25.9 Å². The molecule has 3 N–H and O–H groups in total. The van der Waals surface area contributed by atoms with E-state index in [9.17, 15) is 27.9 Å². The average molecular weight is 533 g/mol. The molecule has 1 aliphatic carbocycles. The van der Waals surface area contributed by atoms with E-state index in [0.29, 0.717) is 11.3 Å². The van der Waals surface area contributed by atoms with Gasteiger partial charge in [-0.2, -0.15) is 0 Å². The maximum Gasteiger partial charge on any atom is 0.409 e. The number of hydrogen-bond donors (Lipinski definition) is 3. The third-order valence-corrected chi connectivity index (χ3v) is 9.06. The van der Waals surface area contributed by atoms with Gasteiger partial charge in [0.2, 0.25) is 0 Å². The van der Waals surface area contributed by atoms with Crippen molar-refractivity contribution in [3.8, 4) is 23.7 Å². The third-order valence-electron chi connectivity index (χ3n) is 7.03. The van der Waals surface area contributed by atoms with E-state index in [-0.39, 0.29) is 50.7 Å². The third kappa shape index (κ3) is 5.44. The van der Waals surface area contributed by atoms with Gasteiger partial charge >= 0.3 is 12.1 Å². The van der Waals surface area contributed by atoms with Crippen LogP contribution in [0, 0.1) is 29.1 Å². The van der Waals surface area contributed by atoms with Gasteiger partial charge in [0.05, 0.1) is 31.2 Å². The molecule has 198 valence electrons. The van der Waals surface area contributed by atoms with Crippen LogP contribution in [0.5, 0.6) is 0 Å². The molecule has 1 aromatic rings. The predicted molar refractivity (Wildman–Crippen MR) is 129 cm³/mol. The molecular weight excluding hydrogens is 504 g/mol. The minimum absolute atomic E-state index is 0.00497. The monoisotopic (exact) mass is 532 g/mol. The minimum atomic E-state index is -3.86. The van der Waals surface area contributed by atoms with Gasteiger partial charge in [0.25, 0.3) is 5.91 Å². The summed E-state index contributed by atoms with van der Waals surface area (Å²) in [6.07, 6.45) is 2.96. The number of aromatic nitrogens is 1. The molecule has 13 heteroatoms. The number of carbonyl (C=O) groups excluding carboxylic acids is 3. The van der Waals surface area contributed by atoms with Crippen molar-refractivity contribution < 1.29 is 37.9 Å². The number of nitrogens with one attached hydrogen (secondary N) is 1. The van der Waals surface area contributed by atoms with E-state index in [0.717, 1.165) is 19.1 Å². The molecular formula is C24H28N4O8S. The topological polar surface area (TPSA) is 158 Å². The first-order valence-electron chi connectivity index (χ1n) is 11.7. The first-order chi connectivity index (χ1) is 17.4. The van der Waals surface area contributed by atoms with Gasteiger partial charge in [-0.1, -0.05) is 11.8 Å². The number of β-amino-alcohol motifs (C(OH)–C–C–N with tert-alkyl or cyclic N) is 1. The fraction of sp³-hybridized carbons (Fsp3) is 0.542. The lowest BCUT2D eigenvalue weighted by molar-refractivity contribution is -0.131. The number of rotatable bonds is 7. The molecule has 37 heavy (non-hydrogen) atoms. The first kappa shape index (κ1) is 26.5. The van der Waals surface area contributed by atoms with E-state index in [1.807, 2.05) is 0 Å². The van der Waals surface area contributed by atoms with E-state index >= 15 is 0 Å². The number of carbonyl (C=O) groups is 3. The number of fused-ring (bicyclic) bond motifs is 1. The van der Waals surface area contributed by atoms with Gasteiger partial charge in [-0.3, -0.25) is 14.6 Å². The van der Waals surface area contributed by atoms with Crippen LogP contribution in [0.15, 0.2) is 12.3 Å². The summed E-state index contributed by atoms with van der Waals surface area (Å²) >= 11 is 0. The van der Waals surface area contributed by atoms with Gasteiger partial charge in [0, 0.05) is 30.3 Å². The van der Waals surface area contributed by atoms with Gasteiger partial charge in [0.1, 0.15) is 6.61 Å². The molecule has 3 heterocycles. The zero-order valence-corrected chi connectivity index (χ0v) is 21.3. The summed E-state index contributed by atoms with van der Waals surface area (Å²) in [5, 5.41) is 18.2. The molecule has 1 saturated heterocycles. The number of ether oxygens (including phenoxy) is 1. The molecule has 0 radical (unpaired) electrons. The second-order valence-corrected chi connectivity index (χ2v) is 12.3. The van der Waals surface area contributed by atoms with Crippen molar-refractivity contribution in [1.29, 1.82) is 0 Å². The number of aliphatic hydroxyl groups is 1. The number of likely N-dealkylation sites (tertiary alicyclic amines) is 1. The molecule has 0 spiro atoms. The minimum Gasteiger partial charge on any atom is -0.448 e. The smallest absolute Gasteiger partial charge is 0.409 e. The lowest BCUT2D eigenvalue weighted by atomic mass is 10.1. The zero-order valence-electron chi connectivity index (χ0n) is 20.5. The fourth-order valence-electron chi connectivity index (χ4n) is 4.02. The Balaban J connectivity index is 1.32. The summed E-state index contributed by atoms with van der Waals surface area (Å²) in [4.78, 5) is 39.5. The van der Waals surface area contributed by atoms with Gasteiger partial charge in [-0.15, -0.1) is 0 Å². The van der Waals surface area contributed by atoms with Crippen molar-refractivity contribution in [2.45, 2.75) is 43.6 Å². The van der Waals surface area contributed by atoms with Gasteiger partial charge < -0.3 is 19.6 Å². The van der Waals surface area contributed by atoms with Crippen molar-refractivity contribution >= 4 is 27.9 Å². The first-order valence-corrected chi connectivity index (χ1v) is 13.5. The van der Waals surface area contributed by atoms with Crippen LogP contribution in [0.2, 0.25) is 0 Å². The Labute approximate surface area is 214 Å². The Morgan fingerprint density at radius 2 is 2.00 bits per heavy atom. The molecule has 0 bridgehead atoms. The second-order valence-electron chi connectivity index (χ2n) is 9.88. The quantitative estimate of drug-likeness (QED) is 0.250. The van der Waals surface area contributed by atoms with Gasteiger partial charge in [-0.25, -0.2) is 23.5 Å². The maximum absolute atomic E-state index is 12.8. The van der Waals surface area contributed by atoms with Crippen LogP contribution in [-0.4, -0.2) is 94.5 Å². The normalized spacial score (nSPS) is 19.4. The Morgan fingerprint density at radius 1 is 1.30 bits per heavy atom. The SMILES string of the molecule is CC(CCN1Cc2cc(C#CC#CC3(COC(=O)N4CC(O)C4)CC3)cn2C1=O)(C(=O)NO)S(C)(=O)=O. The number of hydroxylamine groups is 1. The Hall–Kier alpha value is -3.52. The molecule has 1 atom stereocenters. The van der Waals surface area contributed by atoms with Crippen LogP contribution < -0.4 is 5.48 Å². The van der Waals surface area contributed by atoms with E-state index in [4.69, 9.17) is 9.94 Å². The summed E-state index contributed by atoms with van der Waals surface area (Å²) < 4.78 is 29.1. The Bertz CT molecular complexity index is 1350. The fourth-order valence-corrected chi connectivity index (χ4v) is 4.86. The lowest BCUT2D eigenvalue weighted by Crippen LogP contribution is -2.53. The van der Waals surface area contributed by atoms with E-state index in [1.165, 1.54) is 26.8 Å². The van der Waals surface area contributed by atoms with E-state index in [2.05, 4.69) is 23.7 Å². The number of aliphatic hydroxyl groups excluding tert-OH is 1. The van der Waals surface area contributed by atoms with Crippen molar-refractivity contribution in [3.63, 3.8) is 0 Å². The highest BCUT2D eigenvalue weighted by molar-refractivity contribution is 7.92. The Kier molecular flexibility index (Phi) is 6.99. The van der Waals surface area contributed by atoms with Crippen molar-refractivity contribution in [1.82, 2.24) is 19.8 Å². The summed E-state index contributed by atoms with van der Waals surface area (Å²) in [5.41, 5.74) is 2.26. The highest BCUT2D eigenvalue weighted by Gasteiger charge is 2.45. The largest absolute Gasteiger partial charge is 0.448 e. The molecule has 1 saturated carbocycles. The van der Waals surface area contributed by atoms with Gasteiger partial charge in [0.15, 0.2) is 14.6 Å².